The van der Waals surface area contributed by atoms with Gasteiger partial charge in [-0.05, 0) is 73.5 Å². The molecule has 0 atom stereocenters. The van der Waals surface area contributed by atoms with E-state index in [1.54, 1.807) is 6.26 Å². The van der Waals surface area contributed by atoms with Crippen LogP contribution in [0, 0.1) is 0 Å². The smallest absolute Gasteiger partial charge is 0.119 e. The summed E-state index contributed by atoms with van der Waals surface area (Å²) in [5.74, 6) is 1.93. The Morgan fingerprint density at radius 3 is 1.83 bits per heavy atom. The number of benzene rings is 3. The summed E-state index contributed by atoms with van der Waals surface area (Å²) in [4.78, 5) is 2.24. The molecule has 0 unspecified atom stereocenters. The van der Waals surface area contributed by atoms with Crippen molar-refractivity contribution in [2.24, 2.45) is 0 Å². The Morgan fingerprint density at radius 2 is 1.24 bits per heavy atom. The lowest BCUT2D eigenvalue weighted by molar-refractivity contribution is 0.305. The topological polar surface area (TPSA) is 25.6 Å². The van der Waals surface area contributed by atoms with Crippen molar-refractivity contribution in [2.75, 3.05) is 11.5 Å². The number of aryl methyl sites for hydroxylation is 1. The fraction of sp³-hybridized carbons (Fsp3) is 0.154. The molecule has 146 valence electrons. The molecule has 1 aromatic heterocycles. The first kappa shape index (κ1) is 18.9. The second kappa shape index (κ2) is 9.65. The van der Waals surface area contributed by atoms with Crippen molar-refractivity contribution in [3.63, 3.8) is 0 Å². The number of nitrogens with zero attached hydrogens (tertiary/aromatic N) is 1. The van der Waals surface area contributed by atoms with E-state index in [0.717, 1.165) is 47.8 Å². The molecule has 0 amide bonds. The van der Waals surface area contributed by atoms with E-state index in [4.69, 9.17) is 9.15 Å². The zero-order valence-corrected chi connectivity index (χ0v) is 16.4. The van der Waals surface area contributed by atoms with Gasteiger partial charge in [-0.15, -0.1) is 0 Å². The van der Waals surface area contributed by atoms with E-state index in [2.05, 4.69) is 65.6 Å². The first-order valence-corrected chi connectivity index (χ1v) is 10.1. The number of rotatable bonds is 9. The van der Waals surface area contributed by atoms with Crippen LogP contribution in [0.4, 0.5) is 17.1 Å². The van der Waals surface area contributed by atoms with Gasteiger partial charge in [-0.3, -0.25) is 0 Å². The molecule has 3 nitrogen and oxygen atoms in total. The number of hydrogen-bond donors (Lipinski definition) is 0. The molecule has 0 N–H and O–H groups in total. The predicted molar refractivity (Wildman–Crippen MR) is 118 cm³/mol. The Kier molecular flexibility index (Phi) is 6.28. The van der Waals surface area contributed by atoms with Gasteiger partial charge in [0.2, 0.25) is 0 Å². The summed E-state index contributed by atoms with van der Waals surface area (Å²) in [5.41, 5.74) is 3.36. The number of unbranched alkanes of at least 4 members (excludes halogenated alkanes) is 1. The Balaban J connectivity index is 1.39. The number of ether oxygens (including phenoxy) is 1. The summed E-state index contributed by atoms with van der Waals surface area (Å²) in [6, 6.07) is 33.1. The molecule has 0 fully saturated rings. The summed E-state index contributed by atoms with van der Waals surface area (Å²) in [6.45, 7) is 0.709. The van der Waals surface area contributed by atoms with Gasteiger partial charge in [0, 0.05) is 23.5 Å². The highest BCUT2D eigenvalue weighted by Gasteiger charge is 2.11. The normalized spacial score (nSPS) is 10.6. The number of anilines is 3. The van der Waals surface area contributed by atoms with Crippen LogP contribution in [0.2, 0.25) is 0 Å². The molecule has 0 spiro atoms. The Morgan fingerprint density at radius 1 is 0.621 bits per heavy atom. The Labute approximate surface area is 172 Å². The third-order valence-corrected chi connectivity index (χ3v) is 4.79. The maximum atomic E-state index is 5.92. The van der Waals surface area contributed by atoms with Gasteiger partial charge in [0.25, 0.3) is 0 Å². The van der Waals surface area contributed by atoms with E-state index in [9.17, 15) is 0 Å². The molecular formula is C26H25NO2. The van der Waals surface area contributed by atoms with Crippen molar-refractivity contribution in [2.45, 2.75) is 19.3 Å². The lowest BCUT2D eigenvalue weighted by Gasteiger charge is -2.25. The van der Waals surface area contributed by atoms with Gasteiger partial charge < -0.3 is 14.1 Å². The van der Waals surface area contributed by atoms with Gasteiger partial charge >= 0.3 is 0 Å². The minimum absolute atomic E-state index is 0.709. The standard InChI is InChI=1S/C26H25NO2/c1-3-10-22(11-4-1)27(23-12-5-2-6-13-23)24-16-18-26(19-17-24)28-20-8-7-14-25-15-9-21-29-25/h1-6,9-13,15-19,21H,7-8,14,20H2. The lowest BCUT2D eigenvalue weighted by Crippen LogP contribution is -2.09. The molecule has 29 heavy (non-hydrogen) atoms. The van der Waals surface area contributed by atoms with Crippen molar-refractivity contribution in [1.29, 1.82) is 0 Å². The van der Waals surface area contributed by atoms with Crippen molar-refractivity contribution in [3.8, 4) is 5.75 Å². The number of para-hydroxylation sites is 2. The molecule has 0 aliphatic rings. The molecule has 1 heterocycles. The Bertz CT molecular complexity index is 925. The van der Waals surface area contributed by atoms with Crippen molar-refractivity contribution >= 4 is 17.1 Å². The van der Waals surface area contributed by atoms with Gasteiger partial charge in [0.15, 0.2) is 0 Å². The minimum Gasteiger partial charge on any atom is -0.494 e. The summed E-state index contributed by atoms with van der Waals surface area (Å²) in [7, 11) is 0. The van der Waals surface area contributed by atoms with Crippen LogP contribution in [0.25, 0.3) is 0 Å². The first-order chi connectivity index (χ1) is 14.4. The number of furan rings is 1. The van der Waals surface area contributed by atoms with Gasteiger partial charge in [-0.1, -0.05) is 36.4 Å². The monoisotopic (exact) mass is 383 g/mol. The second-order valence-corrected chi connectivity index (χ2v) is 6.89. The average molecular weight is 383 g/mol. The SMILES string of the molecule is c1ccc(N(c2ccccc2)c2ccc(OCCCCc3ccco3)cc2)cc1. The van der Waals surface area contributed by atoms with Crippen molar-refractivity contribution in [3.05, 3.63) is 109 Å². The van der Waals surface area contributed by atoms with E-state index in [-0.39, 0.29) is 0 Å². The fourth-order valence-corrected chi connectivity index (χ4v) is 3.34. The van der Waals surface area contributed by atoms with E-state index in [1.165, 1.54) is 0 Å². The van der Waals surface area contributed by atoms with E-state index in [0.29, 0.717) is 6.61 Å². The van der Waals surface area contributed by atoms with E-state index in [1.807, 2.05) is 36.4 Å². The third kappa shape index (κ3) is 5.08. The molecule has 4 aromatic rings. The molecule has 0 bridgehead atoms. The number of hydrogen-bond acceptors (Lipinski definition) is 3. The van der Waals surface area contributed by atoms with Crippen LogP contribution in [0.15, 0.2) is 108 Å². The largest absolute Gasteiger partial charge is 0.494 e. The predicted octanol–water partition coefficient (Wildman–Crippen LogP) is 7.15. The second-order valence-electron chi connectivity index (χ2n) is 6.89. The summed E-state index contributed by atoms with van der Waals surface area (Å²) in [6.07, 6.45) is 4.74. The van der Waals surface area contributed by atoms with Crippen LogP contribution in [-0.2, 0) is 6.42 Å². The van der Waals surface area contributed by atoms with Gasteiger partial charge in [0.05, 0.1) is 12.9 Å². The molecule has 0 aliphatic heterocycles. The molecule has 3 heteroatoms. The molecular weight excluding hydrogens is 358 g/mol. The highest BCUT2D eigenvalue weighted by molar-refractivity contribution is 5.76. The van der Waals surface area contributed by atoms with Crippen molar-refractivity contribution < 1.29 is 9.15 Å². The Hall–Kier alpha value is -3.46. The van der Waals surface area contributed by atoms with Crippen molar-refractivity contribution in [1.82, 2.24) is 0 Å². The first-order valence-electron chi connectivity index (χ1n) is 10.1. The third-order valence-electron chi connectivity index (χ3n) is 4.79. The van der Waals surface area contributed by atoms with Gasteiger partial charge in [0.1, 0.15) is 11.5 Å². The highest BCUT2D eigenvalue weighted by atomic mass is 16.5. The van der Waals surface area contributed by atoms with Crippen LogP contribution in [0.3, 0.4) is 0 Å². The molecule has 0 aliphatic carbocycles. The molecule has 0 saturated carbocycles. The maximum absolute atomic E-state index is 5.92. The maximum Gasteiger partial charge on any atom is 0.119 e. The summed E-state index contributed by atoms with van der Waals surface area (Å²) < 4.78 is 11.3. The zero-order valence-electron chi connectivity index (χ0n) is 16.4. The average Bonchev–Trinajstić information content (AvgIpc) is 3.30. The highest BCUT2D eigenvalue weighted by Crippen LogP contribution is 2.34. The quantitative estimate of drug-likeness (QED) is 0.287. The minimum atomic E-state index is 0.709. The van der Waals surface area contributed by atoms with Crippen LogP contribution < -0.4 is 9.64 Å². The summed E-state index contributed by atoms with van der Waals surface area (Å²) in [5, 5.41) is 0. The molecule has 0 radical (unpaired) electrons. The molecule has 3 aromatic carbocycles. The van der Waals surface area contributed by atoms with Crippen LogP contribution in [-0.4, -0.2) is 6.61 Å². The molecule has 4 rings (SSSR count). The van der Waals surface area contributed by atoms with E-state index < -0.39 is 0 Å². The van der Waals surface area contributed by atoms with Gasteiger partial charge in [-0.25, -0.2) is 0 Å². The summed E-state index contributed by atoms with van der Waals surface area (Å²) >= 11 is 0. The molecule has 0 saturated heterocycles. The fourth-order valence-electron chi connectivity index (χ4n) is 3.34. The van der Waals surface area contributed by atoms with Crippen LogP contribution >= 0.6 is 0 Å². The van der Waals surface area contributed by atoms with Gasteiger partial charge in [-0.2, -0.15) is 0 Å². The van der Waals surface area contributed by atoms with Crippen LogP contribution in [0.1, 0.15) is 18.6 Å². The zero-order chi connectivity index (χ0) is 19.7. The van der Waals surface area contributed by atoms with E-state index >= 15 is 0 Å². The van der Waals surface area contributed by atoms with Crippen LogP contribution in [0.5, 0.6) is 5.75 Å². The lowest BCUT2D eigenvalue weighted by atomic mass is 10.2.